The van der Waals surface area contributed by atoms with E-state index in [4.69, 9.17) is 0 Å². The minimum absolute atomic E-state index is 0.395. The number of rotatable bonds is 3. The zero-order valence-electron chi connectivity index (χ0n) is 12.0. The molecule has 1 aliphatic carbocycles. The smallest absolute Gasteiger partial charge is 0.115 e. The van der Waals surface area contributed by atoms with E-state index in [-0.39, 0.29) is 0 Å². The molecular weight excluding hydrogens is 222 g/mol. The first kappa shape index (κ1) is 13.4. The van der Waals surface area contributed by atoms with Crippen molar-refractivity contribution in [1.82, 2.24) is 4.90 Å². The van der Waals surface area contributed by atoms with E-state index in [2.05, 4.69) is 38.8 Å². The van der Waals surface area contributed by atoms with Gasteiger partial charge in [-0.25, -0.2) is 0 Å². The molecule has 0 aromatic heterocycles. The lowest BCUT2D eigenvalue weighted by atomic mass is 9.85. The molecule has 0 radical (unpaired) electrons. The zero-order valence-corrected chi connectivity index (χ0v) is 12.0. The van der Waals surface area contributed by atoms with Crippen LogP contribution in [0.2, 0.25) is 0 Å². The molecule has 2 unspecified atom stereocenters. The van der Waals surface area contributed by atoms with Gasteiger partial charge in [-0.2, -0.15) is 0 Å². The van der Waals surface area contributed by atoms with E-state index in [1.165, 1.54) is 24.0 Å². The van der Waals surface area contributed by atoms with Crippen LogP contribution in [0, 0.1) is 5.92 Å². The first-order valence-electron chi connectivity index (χ1n) is 7.04. The topological polar surface area (TPSA) is 23.5 Å². The Hall–Kier alpha value is -1.02. The molecule has 2 atom stereocenters. The van der Waals surface area contributed by atoms with Crippen molar-refractivity contribution in [3.8, 4) is 5.75 Å². The lowest BCUT2D eigenvalue weighted by molar-refractivity contribution is 0.134. The van der Waals surface area contributed by atoms with Gasteiger partial charge < -0.3 is 5.11 Å². The summed E-state index contributed by atoms with van der Waals surface area (Å²) in [4.78, 5) is 2.47. The molecule has 0 saturated carbocycles. The van der Waals surface area contributed by atoms with E-state index >= 15 is 0 Å². The normalized spacial score (nSPS) is 21.1. The molecule has 2 heteroatoms. The highest BCUT2D eigenvalue weighted by Gasteiger charge is 2.27. The maximum Gasteiger partial charge on any atom is 0.115 e. The highest BCUT2D eigenvalue weighted by Crippen LogP contribution is 2.37. The number of phenols is 1. The van der Waals surface area contributed by atoms with Crippen molar-refractivity contribution in [2.45, 2.75) is 52.1 Å². The van der Waals surface area contributed by atoms with E-state index in [1.807, 2.05) is 12.1 Å². The first-order valence-corrected chi connectivity index (χ1v) is 7.04. The van der Waals surface area contributed by atoms with Crippen molar-refractivity contribution in [1.29, 1.82) is 0 Å². The van der Waals surface area contributed by atoms with E-state index in [9.17, 15) is 5.11 Å². The van der Waals surface area contributed by atoms with Crippen molar-refractivity contribution in [3.05, 3.63) is 29.3 Å². The maximum atomic E-state index is 9.72. The third-order valence-corrected chi connectivity index (χ3v) is 4.51. The van der Waals surface area contributed by atoms with Gasteiger partial charge in [-0.3, -0.25) is 4.90 Å². The number of benzene rings is 1. The summed E-state index contributed by atoms with van der Waals surface area (Å²) < 4.78 is 0. The lowest BCUT2D eigenvalue weighted by Gasteiger charge is -2.38. The van der Waals surface area contributed by atoms with Gasteiger partial charge >= 0.3 is 0 Å². The first-order chi connectivity index (χ1) is 8.50. The quantitative estimate of drug-likeness (QED) is 0.879. The summed E-state index contributed by atoms with van der Waals surface area (Å²) in [6.07, 6.45) is 3.59. The van der Waals surface area contributed by atoms with Crippen LogP contribution in [0.15, 0.2) is 18.2 Å². The second-order valence-corrected chi connectivity index (χ2v) is 5.94. The Morgan fingerprint density at radius 1 is 1.28 bits per heavy atom. The zero-order chi connectivity index (χ0) is 13.3. The van der Waals surface area contributed by atoms with Crippen LogP contribution in [0.1, 0.15) is 50.8 Å². The van der Waals surface area contributed by atoms with Crippen molar-refractivity contribution in [2.24, 2.45) is 5.92 Å². The molecule has 1 aromatic rings. The predicted molar refractivity (Wildman–Crippen MR) is 75.8 cm³/mol. The average Bonchev–Trinajstić information content (AvgIpc) is 2.36. The van der Waals surface area contributed by atoms with Crippen molar-refractivity contribution >= 4 is 0 Å². The van der Waals surface area contributed by atoms with Crippen LogP contribution >= 0.6 is 0 Å². The van der Waals surface area contributed by atoms with Crippen LogP contribution in [0.5, 0.6) is 5.75 Å². The number of hydrogen-bond donors (Lipinski definition) is 1. The molecule has 2 rings (SSSR count). The van der Waals surface area contributed by atoms with Gasteiger partial charge in [-0.1, -0.05) is 19.9 Å². The van der Waals surface area contributed by atoms with Gasteiger partial charge in [0, 0.05) is 12.1 Å². The Bertz CT molecular complexity index is 414. The molecule has 18 heavy (non-hydrogen) atoms. The highest BCUT2D eigenvalue weighted by atomic mass is 16.3. The SMILES string of the molecule is CC(C)C(C)N(C)C1CCCc2ccc(O)cc21. The molecule has 100 valence electrons. The summed E-state index contributed by atoms with van der Waals surface area (Å²) in [7, 11) is 2.22. The second-order valence-electron chi connectivity index (χ2n) is 5.94. The monoisotopic (exact) mass is 247 g/mol. The summed E-state index contributed by atoms with van der Waals surface area (Å²) in [6.45, 7) is 6.84. The summed E-state index contributed by atoms with van der Waals surface area (Å²) in [5.74, 6) is 1.05. The standard InChI is InChI=1S/C16H25NO/c1-11(2)12(3)17(4)16-7-5-6-13-8-9-14(18)10-15(13)16/h8-12,16,18H,5-7H2,1-4H3. The van der Waals surface area contributed by atoms with Crippen LogP contribution < -0.4 is 0 Å². The number of phenolic OH excluding ortho intramolecular Hbond substituents is 1. The predicted octanol–water partition coefficient (Wildman–Crippen LogP) is 3.75. The second kappa shape index (κ2) is 5.31. The van der Waals surface area contributed by atoms with E-state index < -0.39 is 0 Å². The summed E-state index contributed by atoms with van der Waals surface area (Å²) >= 11 is 0. The number of aryl methyl sites for hydroxylation is 1. The van der Waals surface area contributed by atoms with Gasteiger partial charge in [0.1, 0.15) is 5.75 Å². The Labute approximate surface area is 111 Å². The van der Waals surface area contributed by atoms with Gasteiger partial charge in [0.25, 0.3) is 0 Å². The van der Waals surface area contributed by atoms with Crippen molar-refractivity contribution < 1.29 is 5.11 Å². The van der Waals surface area contributed by atoms with Crippen LogP contribution in [-0.4, -0.2) is 23.1 Å². The van der Waals surface area contributed by atoms with E-state index in [0.29, 0.717) is 23.8 Å². The van der Waals surface area contributed by atoms with Crippen LogP contribution in [-0.2, 0) is 6.42 Å². The van der Waals surface area contributed by atoms with E-state index in [1.54, 1.807) is 0 Å². The molecule has 0 amide bonds. The third-order valence-electron chi connectivity index (χ3n) is 4.51. The highest BCUT2D eigenvalue weighted by molar-refractivity contribution is 5.38. The van der Waals surface area contributed by atoms with Crippen molar-refractivity contribution in [3.63, 3.8) is 0 Å². The molecule has 0 saturated heterocycles. The average molecular weight is 247 g/mol. The van der Waals surface area contributed by atoms with Crippen LogP contribution in [0.4, 0.5) is 0 Å². The van der Waals surface area contributed by atoms with Crippen LogP contribution in [0.25, 0.3) is 0 Å². The number of aromatic hydroxyl groups is 1. The minimum atomic E-state index is 0.395. The summed E-state index contributed by atoms with van der Waals surface area (Å²) in [6, 6.07) is 6.88. The van der Waals surface area contributed by atoms with Gasteiger partial charge in [0.15, 0.2) is 0 Å². The number of fused-ring (bicyclic) bond motifs is 1. The molecule has 0 spiro atoms. The fourth-order valence-electron chi connectivity index (χ4n) is 2.94. The minimum Gasteiger partial charge on any atom is -0.508 e. The number of nitrogens with zero attached hydrogens (tertiary/aromatic N) is 1. The van der Waals surface area contributed by atoms with Gasteiger partial charge in [-0.05, 0) is 62.4 Å². The molecule has 0 heterocycles. The van der Waals surface area contributed by atoms with Gasteiger partial charge in [0.05, 0.1) is 0 Å². The number of hydrogen-bond acceptors (Lipinski definition) is 2. The molecule has 1 aliphatic rings. The molecule has 0 bridgehead atoms. The molecule has 1 N–H and O–H groups in total. The summed E-state index contributed by atoms with van der Waals surface area (Å²) in [5, 5.41) is 9.72. The van der Waals surface area contributed by atoms with Gasteiger partial charge in [0.2, 0.25) is 0 Å². The Kier molecular flexibility index (Phi) is 3.96. The van der Waals surface area contributed by atoms with Crippen molar-refractivity contribution in [2.75, 3.05) is 7.05 Å². The Morgan fingerprint density at radius 2 is 2.00 bits per heavy atom. The summed E-state index contributed by atoms with van der Waals surface area (Å²) in [5.41, 5.74) is 2.74. The lowest BCUT2D eigenvalue weighted by Crippen LogP contribution is -2.37. The molecule has 0 fully saturated rings. The molecular formula is C16H25NO. The third kappa shape index (κ3) is 2.54. The maximum absolute atomic E-state index is 9.72. The fraction of sp³-hybridized carbons (Fsp3) is 0.625. The molecule has 1 aromatic carbocycles. The largest absolute Gasteiger partial charge is 0.508 e. The Morgan fingerprint density at radius 3 is 2.67 bits per heavy atom. The van der Waals surface area contributed by atoms with Crippen LogP contribution in [0.3, 0.4) is 0 Å². The Balaban J connectivity index is 2.29. The van der Waals surface area contributed by atoms with E-state index in [0.717, 1.165) is 6.42 Å². The fourth-order valence-corrected chi connectivity index (χ4v) is 2.94. The molecule has 2 nitrogen and oxygen atoms in total. The molecule has 0 aliphatic heterocycles. The van der Waals surface area contributed by atoms with Gasteiger partial charge in [-0.15, -0.1) is 0 Å².